The second-order valence-electron chi connectivity index (χ2n) is 4.72. The molecule has 0 radical (unpaired) electrons. The molecule has 1 nitrogen and oxygen atoms in total. The largest absolute Gasteiger partial charge is 0.313 e. The molecule has 1 heteroatoms. The Kier molecular flexibility index (Phi) is 6.28. The van der Waals surface area contributed by atoms with Crippen LogP contribution in [0.25, 0.3) is 0 Å². The van der Waals surface area contributed by atoms with Gasteiger partial charge in [0.25, 0.3) is 0 Å². The minimum atomic E-state index is 0.520. The van der Waals surface area contributed by atoms with E-state index in [9.17, 15) is 0 Å². The lowest BCUT2D eigenvalue weighted by Gasteiger charge is -2.18. The zero-order valence-electron chi connectivity index (χ0n) is 11.8. The van der Waals surface area contributed by atoms with Crippen LogP contribution in [0.15, 0.2) is 18.2 Å². The molecule has 0 aromatic heterocycles. The molecule has 0 aliphatic carbocycles. The standard InChI is InChI=1S/C16H27N/c1-5-8-9-16(17-4)15-11-10-13(6-2)14(7-3)12-15/h10-12,16-17H,5-9H2,1-4H3. The predicted molar refractivity (Wildman–Crippen MR) is 76.5 cm³/mol. The molecule has 0 saturated carbocycles. The van der Waals surface area contributed by atoms with Crippen molar-refractivity contribution in [2.75, 3.05) is 7.05 Å². The zero-order chi connectivity index (χ0) is 12.7. The van der Waals surface area contributed by atoms with Gasteiger partial charge in [0.05, 0.1) is 0 Å². The van der Waals surface area contributed by atoms with Crippen LogP contribution < -0.4 is 5.32 Å². The average molecular weight is 233 g/mol. The van der Waals surface area contributed by atoms with Gasteiger partial charge in [-0.25, -0.2) is 0 Å². The number of hydrogen-bond acceptors (Lipinski definition) is 1. The third-order valence-electron chi connectivity index (χ3n) is 3.59. The molecular weight excluding hydrogens is 206 g/mol. The predicted octanol–water partition coefficient (Wildman–Crippen LogP) is 4.26. The lowest BCUT2D eigenvalue weighted by molar-refractivity contribution is 0.522. The van der Waals surface area contributed by atoms with Crippen molar-refractivity contribution >= 4 is 0 Å². The van der Waals surface area contributed by atoms with Gasteiger partial charge < -0.3 is 5.32 Å². The molecular formula is C16H27N. The van der Waals surface area contributed by atoms with Crippen LogP contribution >= 0.6 is 0 Å². The van der Waals surface area contributed by atoms with Gasteiger partial charge in [-0.15, -0.1) is 0 Å². The Morgan fingerprint density at radius 1 is 1.06 bits per heavy atom. The van der Waals surface area contributed by atoms with Crippen LogP contribution in [0.4, 0.5) is 0 Å². The van der Waals surface area contributed by atoms with Crippen LogP contribution in [0.2, 0.25) is 0 Å². The minimum Gasteiger partial charge on any atom is -0.313 e. The highest BCUT2D eigenvalue weighted by Gasteiger charge is 2.10. The summed E-state index contributed by atoms with van der Waals surface area (Å²) in [6.07, 6.45) is 6.08. The van der Waals surface area contributed by atoms with E-state index < -0.39 is 0 Å². The van der Waals surface area contributed by atoms with Gasteiger partial charge in [-0.2, -0.15) is 0 Å². The third kappa shape index (κ3) is 3.85. The SMILES string of the molecule is CCCCC(NC)c1ccc(CC)c(CC)c1. The second kappa shape index (κ2) is 7.50. The fraction of sp³-hybridized carbons (Fsp3) is 0.625. The molecule has 0 aliphatic rings. The average Bonchev–Trinajstić information content (AvgIpc) is 2.39. The van der Waals surface area contributed by atoms with Crippen LogP contribution in [0.1, 0.15) is 62.8 Å². The zero-order valence-corrected chi connectivity index (χ0v) is 11.8. The lowest BCUT2D eigenvalue weighted by Crippen LogP contribution is -2.16. The van der Waals surface area contributed by atoms with Crippen molar-refractivity contribution in [3.8, 4) is 0 Å². The number of hydrogen-bond donors (Lipinski definition) is 1. The van der Waals surface area contributed by atoms with Crippen LogP contribution in [0, 0.1) is 0 Å². The molecule has 1 N–H and O–H groups in total. The summed E-state index contributed by atoms with van der Waals surface area (Å²) in [6.45, 7) is 6.74. The fourth-order valence-corrected chi connectivity index (χ4v) is 2.42. The molecule has 17 heavy (non-hydrogen) atoms. The Morgan fingerprint density at radius 3 is 2.29 bits per heavy atom. The van der Waals surface area contributed by atoms with Gasteiger partial charge in [0.2, 0.25) is 0 Å². The van der Waals surface area contributed by atoms with Crippen LogP contribution in [-0.2, 0) is 12.8 Å². The Labute approximate surface area is 107 Å². The van der Waals surface area contributed by atoms with Gasteiger partial charge in [-0.3, -0.25) is 0 Å². The van der Waals surface area contributed by atoms with Crippen LogP contribution in [-0.4, -0.2) is 7.05 Å². The molecule has 0 fully saturated rings. The van der Waals surface area contributed by atoms with E-state index in [0.29, 0.717) is 6.04 Å². The van der Waals surface area contributed by atoms with Crippen molar-refractivity contribution in [2.45, 2.75) is 58.9 Å². The normalized spacial score (nSPS) is 12.7. The molecule has 1 rings (SSSR count). The van der Waals surface area contributed by atoms with Crippen molar-refractivity contribution in [1.29, 1.82) is 0 Å². The first-order valence-corrected chi connectivity index (χ1v) is 7.05. The summed E-state index contributed by atoms with van der Waals surface area (Å²) < 4.78 is 0. The van der Waals surface area contributed by atoms with Crippen molar-refractivity contribution in [3.63, 3.8) is 0 Å². The van der Waals surface area contributed by atoms with E-state index in [1.807, 2.05) is 0 Å². The number of aryl methyl sites for hydroxylation is 2. The monoisotopic (exact) mass is 233 g/mol. The summed E-state index contributed by atoms with van der Waals surface area (Å²) in [5.41, 5.74) is 4.47. The lowest BCUT2D eigenvalue weighted by atomic mass is 9.94. The van der Waals surface area contributed by atoms with E-state index in [1.54, 1.807) is 0 Å². The first kappa shape index (κ1) is 14.2. The smallest absolute Gasteiger partial charge is 0.0317 e. The first-order valence-electron chi connectivity index (χ1n) is 7.05. The molecule has 0 spiro atoms. The molecule has 1 atom stereocenters. The Balaban J connectivity index is 2.88. The summed E-state index contributed by atoms with van der Waals surface area (Å²) >= 11 is 0. The van der Waals surface area contributed by atoms with Crippen molar-refractivity contribution in [1.82, 2.24) is 5.32 Å². The van der Waals surface area contributed by atoms with E-state index >= 15 is 0 Å². The first-order chi connectivity index (χ1) is 8.26. The van der Waals surface area contributed by atoms with E-state index in [1.165, 1.54) is 36.0 Å². The molecule has 1 aromatic rings. The number of nitrogens with one attached hydrogen (secondary N) is 1. The van der Waals surface area contributed by atoms with Gasteiger partial charge in [0, 0.05) is 6.04 Å². The quantitative estimate of drug-likeness (QED) is 0.742. The van der Waals surface area contributed by atoms with Crippen LogP contribution in [0.3, 0.4) is 0 Å². The Bertz CT molecular complexity index is 330. The van der Waals surface area contributed by atoms with Gasteiger partial charge in [-0.1, -0.05) is 51.8 Å². The molecule has 0 aliphatic heterocycles. The van der Waals surface area contributed by atoms with E-state index in [2.05, 4.69) is 51.3 Å². The number of unbranched alkanes of at least 4 members (excludes halogenated alkanes) is 1. The van der Waals surface area contributed by atoms with E-state index in [-0.39, 0.29) is 0 Å². The van der Waals surface area contributed by atoms with Crippen LogP contribution in [0.5, 0.6) is 0 Å². The highest BCUT2D eigenvalue weighted by molar-refractivity contribution is 5.33. The van der Waals surface area contributed by atoms with Gasteiger partial charge in [-0.05, 0) is 43.0 Å². The topological polar surface area (TPSA) is 12.0 Å². The maximum Gasteiger partial charge on any atom is 0.0317 e. The Morgan fingerprint density at radius 2 is 1.76 bits per heavy atom. The van der Waals surface area contributed by atoms with Crippen molar-refractivity contribution < 1.29 is 0 Å². The summed E-state index contributed by atoms with van der Waals surface area (Å²) in [6, 6.07) is 7.53. The summed E-state index contributed by atoms with van der Waals surface area (Å²) in [5, 5.41) is 3.44. The van der Waals surface area contributed by atoms with Gasteiger partial charge in [0.15, 0.2) is 0 Å². The van der Waals surface area contributed by atoms with E-state index in [4.69, 9.17) is 0 Å². The maximum atomic E-state index is 3.44. The highest BCUT2D eigenvalue weighted by Crippen LogP contribution is 2.22. The molecule has 0 heterocycles. The second-order valence-corrected chi connectivity index (χ2v) is 4.72. The number of benzene rings is 1. The molecule has 0 amide bonds. The van der Waals surface area contributed by atoms with Crippen molar-refractivity contribution in [3.05, 3.63) is 34.9 Å². The van der Waals surface area contributed by atoms with Gasteiger partial charge >= 0.3 is 0 Å². The molecule has 96 valence electrons. The molecule has 1 unspecified atom stereocenters. The fourth-order valence-electron chi connectivity index (χ4n) is 2.42. The minimum absolute atomic E-state index is 0.520. The number of rotatable bonds is 7. The van der Waals surface area contributed by atoms with E-state index in [0.717, 1.165) is 12.8 Å². The highest BCUT2D eigenvalue weighted by atomic mass is 14.9. The third-order valence-corrected chi connectivity index (χ3v) is 3.59. The van der Waals surface area contributed by atoms with Crippen molar-refractivity contribution in [2.24, 2.45) is 0 Å². The summed E-state index contributed by atoms with van der Waals surface area (Å²) in [5.74, 6) is 0. The molecule has 1 aromatic carbocycles. The maximum absolute atomic E-state index is 3.44. The Hall–Kier alpha value is -0.820. The molecule has 0 bridgehead atoms. The summed E-state index contributed by atoms with van der Waals surface area (Å²) in [7, 11) is 2.07. The summed E-state index contributed by atoms with van der Waals surface area (Å²) in [4.78, 5) is 0. The molecule has 0 saturated heterocycles. The van der Waals surface area contributed by atoms with Gasteiger partial charge in [0.1, 0.15) is 0 Å².